The quantitative estimate of drug-likeness (QED) is 0.241. The average Bonchev–Trinajstić information content (AvgIpc) is 3.21. The van der Waals surface area contributed by atoms with Gasteiger partial charge in [0.25, 0.3) is 11.2 Å². The number of aliphatic hydroxyl groups is 1. The van der Waals surface area contributed by atoms with Crippen LogP contribution < -0.4 is 26.8 Å². The van der Waals surface area contributed by atoms with E-state index in [9.17, 15) is 29.6 Å². The summed E-state index contributed by atoms with van der Waals surface area (Å²) >= 11 is 0.970. The Hall–Kier alpha value is -3.40. The van der Waals surface area contributed by atoms with E-state index in [0.717, 1.165) is 38.1 Å². The Bertz CT molecular complexity index is 1150. The number of hydrogen-bond donors (Lipinski definition) is 5. The molecule has 35 heavy (non-hydrogen) atoms. The van der Waals surface area contributed by atoms with Gasteiger partial charge in [0.1, 0.15) is 17.0 Å². The predicted molar refractivity (Wildman–Crippen MR) is 129 cm³/mol. The van der Waals surface area contributed by atoms with Crippen LogP contribution >= 0.6 is 11.8 Å². The lowest BCUT2D eigenvalue weighted by molar-refractivity contribution is -0.384. The van der Waals surface area contributed by atoms with Gasteiger partial charge in [-0.1, -0.05) is 0 Å². The Morgan fingerprint density at radius 1 is 1.29 bits per heavy atom. The second-order valence-corrected chi connectivity index (χ2v) is 8.66. The molecule has 0 bridgehead atoms. The zero-order valence-corrected chi connectivity index (χ0v) is 19.6. The maximum Gasteiger partial charge on any atom is 0.329 e. The maximum atomic E-state index is 12.4. The highest BCUT2D eigenvalue weighted by Crippen LogP contribution is 2.35. The normalized spacial score (nSPS) is 17.5. The van der Waals surface area contributed by atoms with E-state index < -0.39 is 33.7 Å². The minimum absolute atomic E-state index is 0.0935. The lowest BCUT2D eigenvalue weighted by Crippen LogP contribution is -2.39. The standard InChI is InChI=1S/C16H17N5O7S.C4H9NO/c1-19-13-12(14(25)18-15(19)26)20(16(17-13)29-7-11(23)24)6-10(22)8-2-4-9(5-3-8)21(27)28;1-3-6-4-2-5-1/h2-5,10,16-17,22H,6-7H2,1H3,(H,23,24)(H,18,25,26);5H,1-4H2. The number of aromatic amines is 1. The first-order chi connectivity index (χ1) is 16.7. The first kappa shape index (κ1) is 26.2. The number of thioether (sulfide) groups is 1. The summed E-state index contributed by atoms with van der Waals surface area (Å²) in [7, 11) is 1.44. The topological polar surface area (TPSA) is 192 Å². The lowest BCUT2D eigenvalue weighted by atomic mass is 10.1. The number of carbonyl (C=O) groups is 1. The number of benzene rings is 1. The number of aliphatic hydroxyl groups excluding tert-OH is 1. The molecule has 2 aromatic rings. The molecule has 3 heterocycles. The average molecular weight is 511 g/mol. The molecule has 5 N–H and O–H groups in total. The number of carboxylic acids is 1. The number of nitrogens with zero attached hydrogens (tertiary/aromatic N) is 3. The van der Waals surface area contributed by atoms with Crippen molar-refractivity contribution < 1.29 is 24.7 Å². The largest absolute Gasteiger partial charge is 0.481 e. The van der Waals surface area contributed by atoms with Gasteiger partial charge < -0.3 is 30.5 Å². The van der Waals surface area contributed by atoms with E-state index in [4.69, 9.17) is 9.84 Å². The molecule has 15 heteroatoms. The Balaban J connectivity index is 0.000000497. The molecule has 1 aromatic heterocycles. The van der Waals surface area contributed by atoms with Gasteiger partial charge in [-0.2, -0.15) is 0 Å². The number of β-amino-alcohol motifs (C(OH)–C–C–N with tert-alkyl or cyclic N) is 1. The van der Waals surface area contributed by atoms with Crippen molar-refractivity contribution in [3.63, 3.8) is 0 Å². The van der Waals surface area contributed by atoms with Crippen molar-refractivity contribution in [2.75, 3.05) is 48.8 Å². The number of ether oxygens (including phenoxy) is 1. The number of nitro groups is 1. The van der Waals surface area contributed by atoms with Crippen LogP contribution in [0.4, 0.5) is 17.2 Å². The van der Waals surface area contributed by atoms with Gasteiger partial charge in [-0.05, 0) is 17.7 Å². The van der Waals surface area contributed by atoms with E-state index in [1.165, 1.54) is 40.8 Å². The summed E-state index contributed by atoms with van der Waals surface area (Å²) in [6.45, 7) is 3.72. The first-order valence-corrected chi connectivity index (χ1v) is 11.6. The van der Waals surface area contributed by atoms with Crippen LogP contribution in [0.2, 0.25) is 0 Å². The number of nitrogens with one attached hydrogen (secondary N) is 3. The van der Waals surface area contributed by atoms with Crippen LogP contribution in [0.15, 0.2) is 33.9 Å². The number of fused-ring (bicyclic) bond motifs is 1. The number of rotatable bonds is 7. The van der Waals surface area contributed by atoms with Gasteiger partial charge >= 0.3 is 11.7 Å². The molecule has 2 atom stereocenters. The number of H-pyrrole nitrogens is 1. The van der Waals surface area contributed by atoms with Gasteiger partial charge in [0.05, 0.1) is 36.5 Å². The van der Waals surface area contributed by atoms with E-state index >= 15 is 0 Å². The molecule has 190 valence electrons. The number of hydrogen-bond acceptors (Lipinski definition) is 11. The minimum Gasteiger partial charge on any atom is -0.481 e. The molecule has 0 amide bonds. The number of anilines is 2. The highest BCUT2D eigenvalue weighted by molar-refractivity contribution is 8.00. The molecule has 14 nitrogen and oxygen atoms in total. The predicted octanol–water partition coefficient (Wildman–Crippen LogP) is -0.345. The van der Waals surface area contributed by atoms with Gasteiger partial charge in [0.15, 0.2) is 0 Å². The van der Waals surface area contributed by atoms with Crippen LogP contribution in [0.25, 0.3) is 0 Å². The fourth-order valence-electron chi connectivity index (χ4n) is 3.45. The van der Waals surface area contributed by atoms with Crippen molar-refractivity contribution in [3.05, 3.63) is 60.8 Å². The van der Waals surface area contributed by atoms with Crippen molar-refractivity contribution >= 4 is 34.9 Å². The van der Waals surface area contributed by atoms with Crippen molar-refractivity contribution in [2.45, 2.75) is 11.6 Å². The summed E-state index contributed by atoms with van der Waals surface area (Å²) in [5.74, 6) is -1.13. The molecule has 0 spiro atoms. The van der Waals surface area contributed by atoms with E-state index in [1.54, 1.807) is 0 Å². The van der Waals surface area contributed by atoms with Gasteiger partial charge in [0.2, 0.25) is 0 Å². The van der Waals surface area contributed by atoms with Gasteiger partial charge in [0, 0.05) is 32.3 Å². The zero-order chi connectivity index (χ0) is 25.5. The van der Waals surface area contributed by atoms with E-state index in [1.807, 2.05) is 0 Å². The highest BCUT2D eigenvalue weighted by Gasteiger charge is 2.35. The van der Waals surface area contributed by atoms with Gasteiger partial charge in [-0.3, -0.25) is 29.3 Å². The molecule has 1 saturated heterocycles. The van der Waals surface area contributed by atoms with Crippen molar-refractivity contribution in [1.29, 1.82) is 0 Å². The Morgan fingerprint density at radius 3 is 2.46 bits per heavy atom. The Labute approximate surface area is 203 Å². The van der Waals surface area contributed by atoms with Crippen molar-refractivity contribution in [3.8, 4) is 0 Å². The fraction of sp³-hybridized carbons (Fsp3) is 0.450. The van der Waals surface area contributed by atoms with Crippen LogP contribution in [-0.4, -0.2) is 74.8 Å². The minimum atomic E-state index is -1.13. The van der Waals surface area contributed by atoms with E-state index in [2.05, 4.69) is 15.6 Å². The lowest BCUT2D eigenvalue weighted by Gasteiger charge is -2.27. The molecular formula is C20H26N6O8S. The number of aliphatic carboxylic acids is 1. The molecular weight excluding hydrogens is 484 g/mol. The van der Waals surface area contributed by atoms with Crippen molar-refractivity contribution in [2.24, 2.45) is 7.05 Å². The molecule has 0 saturated carbocycles. The summed E-state index contributed by atoms with van der Waals surface area (Å²) in [4.78, 5) is 49.1. The highest BCUT2D eigenvalue weighted by atomic mass is 32.2. The van der Waals surface area contributed by atoms with Gasteiger partial charge in [-0.15, -0.1) is 11.8 Å². The molecule has 1 fully saturated rings. The van der Waals surface area contributed by atoms with Crippen LogP contribution in [0.1, 0.15) is 11.7 Å². The van der Waals surface area contributed by atoms with Crippen LogP contribution in [-0.2, 0) is 16.6 Å². The van der Waals surface area contributed by atoms with Crippen molar-refractivity contribution in [1.82, 2.24) is 14.9 Å². The van der Waals surface area contributed by atoms with Crippen LogP contribution in [0.3, 0.4) is 0 Å². The van der Waals surface area contributed by atoms with Crippen LogP contribution in [0, 0.1) is 10.1 Å². The van der Waals surface area contributed by atoms with E-state index in [-0.39, 0.29) is 29.5 Å². The molecule has 2 unspecified atom stereocenters. The van der Waals surface area contributed by atoms with Crippen LogP contribution in [0.5, 0.6) is 0 Å². The molecule has 0 aliphatic carbocycles. The van der Waals surface area contributed by atoms with Gasteiger partial charge in [-0.25, -0.2) is 4.79 Å². The second-order valence-electron chi connectivity index (χ2n) is 7.60. The number of morpholine rings is 1. The first-order valence-electron chi connectivity index (χ1n) is 10.6. The summed E-state index contributed by atoms with van der Waals surface area (Å²) in [6.07, 6.45) is -1.13. The second kappa shape index (κ2) is 11.8. The molecule has 2 aliphatic rings. The number of carboxylic acid groups (broad SMARTS) is 1. The third-order valence-electron chi connectivity index (χ3n) is 5.20. The summed E-state index contributed by atoms with van der Waals surface area (Å²) in [5, 5.41) is 36.4. The summed E-state index contributed by atoms with van der Waals surface area (Å²) < 4.78 is 6.19. The number of non-ortho nitro benzene ring substituents is 1. The van der Waals surface area contributed by atoms with E-state index in [0.29, 0.717) is 5.56 Å². The molecule has 0 radical (unpaired) electrons. The number of nitro benzene ring substituents is 1. The maximum absolute atomic E-state index is 12.4. The number of aromatic nitrogens is 2. The monoisotopic (exact) mass is 510 g/mol. The Kier molecular flexibility index (Phi) is 8.86. The third kappa shape index (κ3) is 6.60. The molecule has 4 rings (SSSR count). The summed E-state index contributed by atoms with van der Waals surface area (Å²) in [5.41, 5.74) is -1.69. The third-order valence-corrected chi connectivity index (χ3v) is 6.30. The smallest absolute Gasteiger partial charge is 0.329 e. The SMILES string of the molecule is C1COCCN1.Cn1c2c(c(=O)[nH]c1=O)N(CC(O)c1ccc([N+](=O)[O-])cc1)C(SCC(=O)O)N2. The fourth-order valence-corrected chi connectivity index (χ4v) is 4.31. The molecule has 2 aliphatic heterocycles. The zero-order valence-electron chi connectivity index (χ0n) is 18.8. The summed E-state index contributed by atoms with van der Waals surface area (Å²) in [6, 6.07) is 5.30. The molecule has 1 aromatic carbocycles. The Morgan fingerprint density at radius 2 is 1.94 bits per heavy atom.